The van der Waals surface area contributed by atoms with Crippen molar-refractivity contribution in [2.45, 2.75) is 25.3 Å². The molecule has 3 heterocycles. The molecular weight excluding hydrogens is 366 g/mol. The van der Waals surface area contributed by atoms with Gasteiger partial charge in [-0.15, -0.1) is 0 Å². The average molecular weight is 389 g/mol. The first kappa shape index (κ1) is 19.1. The number of thiophene rings is 1. The van der Waals surface area contributed by atoms with E-state index >= 15 is 0 Å². The Kier molecular flexibility index (Phi) is 6.23. The number of piperidine rings is 1. The summed E-state index contributed by atoms with van der Waals surface area (Å²) in [4.78, 5) is 38.1. The highest BCUT2D eigenvalue weighted by molar-refractivity contribution is 7.08. The van der Waals surface area contributed by atoms with Gasteiger partial charge in [0.2, 0.25) is 5.91 Å². The Morgan fingerprint density at radius 1 is 1.22 bits per heavy atom. The second-order valence-electron chi connectivity index (χ2n) is 6.55. The summed E-state index contributed by atoms with van der Waals surface area (Å²) in [6.07, 6.45) is 4.94. The molecule has 0 radical (unpaired) electrons. The molecule has 0 spiro atoms. The molecule has 1 aliphatic heterocycles. The quantitative estimate of drug-likeness (QED) is 0.771. The Bertz CT molecular complexity index is 794. The van der Waals surface area contributed by atoms with Crippen LogP contribution in [0.3, 0.4) is 0 Å². The van der Waals surface area contributed by atoms with Gasteiger partial charge in [0.05, 0.1) is 11.8 Å². The van der Waals surface area contributed by atoms with Crippen molar-refractivity contribution in [2.75, 3.05) is 19.6 Å². The maximum Gasteiger partial charge on any atom is 0.254 e. The predicted octanol–water partition coefficient (Wildman–Crippen LogP) is 1.02. The summed E-state index contributed by atoms with van der Waals surface area (Å²) in [5.74, 6) is -0.262. The zero-order chi connectivity index (χ0) is 19.2. The molecule has 1 aliphatic rings. The van der Waals surface area contributed by atoms with Gasteiger partial charge in [-0.2, -0.15) is 16.4 Å². The second kappa shape index (κ2) is 8.81. The molecule has 0 atom stereocenters. The van der Waals surface area contributed by atoms with E-state index in [1.165, 1.54) is 11.3 Å². The number of aryl methyl sites for hydroxylation is 1. The predicted molar refractivity (Wildman–Crippen MR) is 102 cm³/mol. The van der Waals surface area contributed by atoms with Gasteiger partial charge in [-0.1, -0.05) is 0 Å². The van der Waals surface area contributed by atoms with E-state index < -0.39 is 0 Å². The molecule has 0 unspecified atom stereocenters. The van der Waals surface area contributed by atoms with Crippen molar-refractivity contribution in [3.63, 3.8) is 0 Å². The van der Waals surface area contributed by atoms with Crippen molar-refractivity contribution < 1.29 is 14.4 Å². The van der Waals surface area contributed by atoms with Crippen LogP contribution < -0.4 is 10.6 Å². The van der Waals surface area contributed by atoms with Crippen LogP contribution in [0.2, 0.25) is 0 Å². The van der Waals surface area contributed by atoms with E-state index in [0.29, 0.717) is 30.8 Å². The molecule has 2 aromatic heterocycles. The van der Waals surface area contributed by atoms with Gasteiger partial charge in [-0.25, -0.2) is 0 Å². The number of carbonyl (C=O) groups excluding carboxylic acids is 3. The summed E-state index contributed by atoms with van der Waals surface area (Å²) in [6.45, 7) is 1.54. The molecule has 2 aromatic rings. The molecule has 3 amide bonds. The molecular formula is C18H23N5O3S. The third-order valence-corrected chi connectivity index (χ3v) is 5.24. The first-order valence-corrected chi connectivity index (χ1v) is 9.85. The first-order chi connectivity index (χ1) is 13.0. The molecule has 0 bridgehead atoms. The molecule has 0 aliphatic carbocycles. The van der Waals surface area contributed by atoms with Crippen LogP contribution in [0.25, 0.3) is 0 Å². The fourth-order valence-corrected chi connectivity index (χ4v) is 3.65. The molecule has 8 nitrogen and oxygen atoms in total. The lowest BCUT2D eigenvalue weighted by Gasteiger charge is -2.32. The third kappa shape index (κ3) is 5.16. The summed E-state index contributed by atoms with van der Waals surface area (Å²) in [5.41, 5.74) is 1.16. The monoisotopic (exact) mass is 389 g/mol. The number of likely N-dealkylation sites (tertiary alicyclic amines) is 1. The van der Waals surface area contributed by atoms with Crippen LogP contribution in [-0.4, -0.2) is 58.1 Å². The highest BCUT2D eigenvalue weighted by Crippen LogP contribution is 2.12. The summed E-state index contributed by atoms with van der Waals surface area (Å²) in [5, 5.41) is 13.4. The van der Waals surface area contributed by atoms with Crippen molar-refractivity contribution in [3.05, 3.63) is 40.3 Å². The lowest BCUT2D eigenvalue weighted by molar-refractivity contribution is -0.132. The van der Waals surface area contributed by atoms with Crippen LogP contribution in [0.15, 0.2) is 29.2 Å². The minimum Gasteiger partial charge on any atom is -0.351 e. The maximum absolute atomic E-state index is 12.3. The Labute approximate surface area is 161 Å². The van der Waals surface area contributed by atoms with Gasteiger partial charge in [-0.05, 0) is 24.3 Å². The smallest absolute Gasteiger partial charge is 0.254 e. The fourth-order valence-electron chi connectivity index (χ4n) is 3.02. The molecule has 0 aromatic carbocycles. The van der Waals surface area contributed by atoms with Gasteiger partial charge < -0.3 is 15.5 Å². The van der Waals surface area contributed by atoms with E-state index in [4.69, 9.17) is 0 Å². The largest absolute Gasteiger partial charge is 0.351 e. The molecule has 0 saturated carbocycles. The van der Waals surface area contributed by atoms with Crippen molar-refractivity contribution in [2.24, 2.45) is 7.05 Å². The number of nitrogens with zero attached hydrogens (tertiary/aromatic N) is 3. The van der Waals surface area contributed by atoms with Crippen molar-refractivity contribution in [1.29, 1.82) is 0 Å². The van der Waals surface area contributed by atoms with Gasteiger partial charge in [0.1, 0.15) is 0 Å². The van der Waals surface area contributed by atoms with Crippen LogP contribution >= 0.6 is 11.3 Å². The Hall–Kier alpha value is -2.68. The first-order valence-electron chi connectivity index (χ1n) is 8.90. The Balaban J connectivity index is 1.36. The second-order valence-corrected chi connectivity index (χ2v) is 7.33. The maximum atomic E-state index is 12.3. The topological polar surface area (TPSA) is 96.3 Å². The van der Waals surface area contributed by atoms with E-state index in [-0.39, 0.29) is 30.2 Å². The van der Waals surface area contributed by atoms with E-state index in [0.717, 1.165) is 12.8 Å². The van der Waals surface area contributed by atoms with Gasteiger partial charge in [-0.3, -0.25) is 19.1 Å². The van der Waals surface area contributed by atoms with Crippen LogP contribution in [0.1, 0.15) is 40.0 Å². The van der Waals surface area contributed by atoms with E-state index in [9.17, 15) is 14.4 Å². The molecule has 1 fully saturated rings. The number of nitrogens with one attached hydrogen (secondary N) is 2. The third-order valence-electron chi connectivity index (χ3n) is 4.56. The lowest BCUT2D eigenvalue weighted by atomic mass is 10.0. The summed E-state index contributed by atoms with van der Waals surface area (Å²) >= 11 is 1.46. The average Bonchev–Trinajstić information content (AvgIpc) is 3.34. The van der Waals surface area contributed by atoms with Crippen molar-refractivity contribution in [3.8, 4) is 0 Å². The Morgan fingerprint density at radius 3 is 2.63 bits per heavy atom. The van der Waals surface area contributed by atoms with Crippen LogP contribution in [-0.2, 0) is 11.8 Å². The number of hydrogen-bond acceptors (Lipinski definition) is 5. The Morgan fingerprint density at radius 2 is 2.00 bits per heavy atom. The molecule has 9 heteroatoms. The SMILES string of the molecule is Cn1cc(C(=O)NC2CCN(C(=O)CCNC(=O)c3ccsc3)CC2)cn1. The fraction of sp³-hybridized carbons (Fsp3) is 0.444. The molecule has 3 rings (SSSR count). The minimum absolute atomic E-state index is 0.0256. The van der Waals surface area contributed by atoms with Crippen LogP contribution in [0.4, 0.5) is 0 Å². The summed E-state index contributed by atoms with van der Waals surface area (Å²) in [6, 6.07) is 1.81. The summed E-state index contributed by atoms with van der Waals surface area (Å²) < 4.78 is 1.59. The minimum atomic E-state index is -0.152. The van der Waals surface area contributed by atoms with Crippen LogP contribution in [0.5, 0.6) is 0 Å². The van der Waals surface area contributed by atoms with Gasteiger partial charge in [0, 0.05) is 56.3 Å². The van der Waals surface area contributed by atoms with E-state index in [1.807, 2.05) is 5.38 Å². The van der Waals surface area contributed by atoms with Crippen LogP contribution in [0, 0.1) is 0 Å². The number of carbonyl (C=O) groups is 3. The number of amides is 3. The van der Waals surface area contributed by atoms with Gasteiger partial charge in [0.25, 0.3) is 11.8 Å². The number of hydrogen-bond donors (Lipinski definition) is 2. The standard InChI is InChI=1S/C18H23N5O3S/c1-22-11-14(10-20-22)18(26)21-15-3-7-23(8-4-15)16(24)2-6-19-17(25)13-5-9-27-12-13/h5,9-12,15H,2-4,6-8H2,1H3,(H,19,25)(H,21,26). The van der Waals surface area contributed by atoms with E-state index in [1.54, 1.807) is 40.5 Å². The lowest BCUT2D eigenvalue weighted by Crippen LogP contribution is -2.47. The number of aromatic nitrogens is 2. The normalized spacial score (nSPS) is 14.8. The zero-order valence-electron chi connectivity index (χ0n) is 15.2. The zero-order valence-corrected chi connectivity index (χ0v) is 16.0. The number of rotatable bonds is 6. The van der Waals surface area contributed by atoms with Gasteiger partial charge >= 0.3 is 0 Å². The van der Waals surface area contributed by atoms with E-state index in [2.05, 4.69) is 15.7 Å². The highest BCUT2D eigenvalue weighted by Gasteiger charge is 2.24. The summed E-state index contributed by atoms with van der Waals surface area (Å²) in [7, 11) is 1.77. The van der Waals surface area contributed by atoms with Crippen molar-refractivity contribution >= 4 is 29.1 Å². The molecule has 27 heavy (non-hydrogen) atoms. The molecule has 144 valence electrons. The van der Waals surface area contributed by atoms with Gasteiger partial charge in [0.15, 0.2) is 0 Å². The highest BCUT2D eigenvalue weighted by atomic mass is 32.1. The molecule has 2 N–H and O–H groups in total. The van der Waals surface area contributed by atoms with Crippen molar-refractivity contribution in [1.82, 2.24) is 25.3 Å². The molecule has 1 saturated heterocycles.